The standard InChI is InChI=1S/C20H41N3O2S/c1-19(2,3)8-10-22-11-13-23(14-12-22)16-18(24)21-9-7-15-25-20(4,5)17-26-6/h7-17H2,1-6H3,(H,21,24). The van der Waals surface area contributed by atoms with Crippen LogP contribution in [0.3, 0.4) is 0 Å². The van der Waals surface area contributed by atoms with E-state index in [9.17, 15) is 4.79 Å². The zero-order chi connectivity index (χ0) is 19.6. The monoisotopic (exact) mass is 387 g/mol. The van der Waals surface area contributed by atoms with Gasteiger partial charge in [-0.3, -0.25) is 9.69 Å². The molecule has 1 amide bonds. The molecule has 0 aromatic heterocycles. The summed E-state index contributed by atoms with van der Waals surface area (Å²) in [5.74, 6) is 1.12. The average molecular weight is 388 g/mol. The van der Waals surface area contributed by atoms with E-state index < -0.39 is 0 Å². The van der Waals surface area contributed by atoms with Crippen LogP contribution in [-0.4, -0.2) is 85.7 Å². The number of carbonyl (C=O) groups is 1. The van der Waals surface area contributed by atoms with E-state index in [1.54, 1.807) is 11.8 Å². The van der Waals surface area contributed by atoms with E-state index in [0.717, 1.165) is 44.9 Å². The molecule has 0 aliphatic carbocycles. The van der Waals surface area contributed by atoms with Gasteiger partial charge in [0.25, 0.3) is 0 Å². The van der Waals surface area contributed by atoms with E-state index in [2.05, 4.69) is 56.0 Å². The molecule has 26 heavy (non-hydrogen) atoms. The van der Waals surface area contributed by atoms with Gasteiger partial charge in [-0.15, -0.1) is 0 Å². The molecule has 1 aliphatic rings. The van der Waals surface area contributed by atoms with Gasteiger partial charge in [-0.2, -0.15) is 11.8 Å². The summed E-state index contributed by atoms with van der Waals surface area (Å²) in [6.45, 7) is 18.3. The van der Waals surface area contributed by atoms with Crippen molar-refractivity contribution in [3.05, 3.63) is 0 Å². The number of nitrogens with zero attached hydrogens (tertiary/aromatic N) is 2. The number of nitrogens with one attached hydrogen (secondary N) is 1. The van der Waals surface area contributed by atoms with Gasteiger partial charge in [0, 0.05) is 45.1 Å². The van der Waals surface area contributed by atoms with Crippen molar-refractivity contribution in [2.45, 2.75) is 53.1 Å². The fourth-order valence-corrected chi connectivity index (χ4v) is 3.74. The van der Waals surface area contributed by atoms with Crippen molar-refractivity contribution in [1.29, 1.82) is 0 Å². The summed E-state index contributed by atoms with van der Waals surface area (Å²) in [4.78, 5) is 16.9. The normalized spacial score (nSPS) is 17.5. The predicted molar refractivity (Wildman–Crippen MR) is 113 cm³/mol. The van der Waals surface area contributed by atoms with E-state index in [4.69, 9.17) is 4.74 Å². The summed E-state index contributed by atoms with van der Waals surface area (Å²) in [5, 5.41) is 3.03. The molecule has 154 valence electrons. The molecular formula is C20H41N3O2S. The lowest BCUT2D eigenvalue weighted by molar-refractivity contribution is -0.122. The number of ether oxygens (including phenoxy) is 1. The van der Waals surface area contributed by atoms with Crippen LogP contribution >= 0.6 is 11.8 Å². The Hall–Kier alpha value is -0.300. The van der Waals surface area contributed by atoms with Crippen LogP contribution in [0.4, 0.5) is 0 Å². The number of amides is 1. The molecule has 1 aliphatic heterocycles. The molecule has 1 heterocycles. The van der Waals surface area contributed by atoms with Crippen LogP contribution in [0.2, 0.25) is 0 Å². The summed E-state index contributed by atoms with van der Waals surface area (Å²) < 4.78 is 5.87. The smallest absolute Gasteiger partial charge is 0.234 e. The van der Waals surface area contributed by atoms with E-state index in [-0.39, 0.29) is 11.5 Å². The Labute approximate surface area is 165 Å². The maximum atomic E-state index is 12.1. The molecule has 1 N–H and O–H groups in total. The lowest BCUT2D eigenvalue weighted by Gasteiger charge is -2.35. The second-order valence-corrected chi connectivity index (χ2v) is 10.0. The molecule has 0 atom stereocenters. The molecular weight excluding hydrogens is 346 g/mol. The van der Waals surface area contributed by atoms with Crippen LogP contribution in [0.1, 0.15) is 47.5 Å². The number of hydrogen-bond donors (Lipinski definition) is 1. The molecule has 1 saturated heterocycles. The molecule has 0 spiro atoms. The van der Waals surface area contributed by atoms with E-state index in [1.165, 1.54) is 6.42 Å². The number of thioether (sulfide) groups is 1. The minimum absolute atomic E-state index is 0.0872. The molecule has 0 unspecified atom stereocenters. The molecule has 6 heteroatoms. The molecule has 0 aromatic rings. The summed E-state index contributed by atoms with van der Waals surface area (Å²) in [5.41, 5.74) is 0.307. The summed E-state index contributed by atoms with van der Waals surface area (Å²) in [6, 6.07) is 0. The second-order valence-electron chi connectivity index (χ2n) is 9.17. The molecule has 5 nitrogen and oxygen atoms in total. The Morgan fingerprint density at radius 1 is 1.08 bits per heavy atom. The van der Waals surface area contributed by atoms with Gasteiger partial charge in [0.1, 0.15) is 0 Å². The van der Waals surface area contributed by atoms with Gasteiger partial charge >= 0.3 is 0 Å². The molecule has 1 fully saturated rings. The van der Waals surface area contributed by atoms with Gasteiger partial charge in [0.15, 0.2) is 0 Å². The largest absolute Gasteiger partial charge is 0.375 e. The molecule has 0 radical (unpaired) electrons. The molecule has 0 aromatic carbocycles. The van der Waals surface area contributed by atoms with Gasteiger partial charge in [-0.25, -0.2) is 0 Å². The van der Waals surface area contributed by atoms with Crippen LogP contribution in [0.5, 0.6) is 0 Å². The van der Waals surface area contributed by atoms with E-state index in [1.807, 2.05) is 0 Å². The number of hydrogen-bond acceptors (Lipinski definition) is 5. The first-order valence-electron chi connectivity index (χ1n) is 9.96. The van der Waals surface area contributed by atoms with Crippen LogP contribution in [-0.2, 0) is 9.53 Å². The van der Waals surface area contributed by atoms with Crippen molar-refractivity contribution in [2.24, 2.45) is 5.41 Å². The zero-order valence-electron chi connectivity index (χ0n) is 17.9. The summed E-state index contributed by atoms with van der Waals surface area (Å²) in [7, 11) is 0. The van der Waals surface area contributed by atoms with Crippen molar-refractivity contribution in [1.82, 2.24) is 15.1 Å². The lowest BCUT2D eigenvalue weighted by Crippen LogP contribution is -2.50. The number of piperazine rings is 1. The van der Waals surface area contributed by atoms with Crippen LogP contribution in [0, 0.1) is 5.41 Å². The summed E-state index contributed by atoms with van der Waals surface area (Å²) >= 11 is 1.80. The van der Waals surface area contributed by atoms with Crippen molar-refractivity contribution >= 4 is 17.7 Å². The highest BCUT2D eigenvalue weighted by Crippen LogP contribution is 2.19. The maximum absolute atomic E-state index is 12.1. The Morgan fingerprint density at radius 3 is 2.27 bits per heavy atom. The van der Waals surface area contributed by atoms with Crippen molar-refractivity contribution < 1.29 is 9.53 Å². The topological polar surface area (TPSA) is 44.8 Å². The third-order valence-corrected chi connectivity index (χ3v) is 5.62. The Balaban J connectivity index is 2.08. The SMILES string of the molecule is CSCC(C)(C)OCCCNC(=O)CN1CCN(CCC(C)(C)C)CC1. The average Bonchev–Trinajstić information content (AvgIpc) is 2.53. The van der Waals surface area contributed by atoms with E-state index >= 15 is 0 Å². The minimum Gasteiger partial charge on any atom is -0.375 e. The highest BCUT2D eigenvalue weighted by atomic mass is 32.2. The maximum Gasteiger partial charge on any atom is 0.234 e. The van der Waals surface area contributed by atoms with Gasteiger partial charge < -0.3 is 15.0 Å². The van der Waals surface area contributed by atoms with Crippen molar-refractivity contribution in [3.8, 4) is 0 Å². The Kier molecular flexibility index (Phi) is 10.5. The number of carbonyl (C=O) groups excluding carboxylic acids is 1. The predicted octanol–water partition coefficient (Wildman–Crippen LogP) is 2.70. The quantitative estimate of drug-likeness (QED) is 0.552. The lowest BCUT2D eigenvalue weighted by atomic mass is 9.92. The van der Waals surface area contributed by atoms with Gasteiger partial charge in [-0.05, 0) is 44.9 Å². The van der Waals surface area contributed by atoms with Crippen LogP contribution in [0.25, 0.3) is 0 Å². The van der Waals surface area contributed by atoms with Crippen molar-refractivity contribution in [2.75, 3.05) is 64.4 Å². The summed E-state index contributed by atoms with van der Waals surface area (Å²) in [6.07, 6.45) is 4.18. The minimum atomic E-state index is -0.0872. The Bertz CT molecular complexity index is 402. The fraction of sp³-hybridized carbons (Fsp3) is 0.950. The fourth-order valence-electron chi connectivity index (χ4n) is 2.96. The van der Waals surface area contributed by atoms with E-state index in [0.29, 0.717) is 25.1 Å². The van der Waals surface area contributed by atoms with Gasteiger partial charge in [0.2, 0.25) is 5.91 Å². The van der Waals surface area contributed by atoms with Crippen LogP contribution < -0.4 is 5.32 Å². The second kappa shape index (κ2) is 11.5. The first-order chi connectivity index (χ1) is 12.1. The number of rotatable bonds is 11. The highest BCUT2D eigenvalue weighted by Gasteiger charge is 2.20. The zero-order valence-corrected chi connectivity index (χ0v) is 18.7. The molecule has 0 bridgehead atoms. The van der Waals surface area contributed by atoms with Crippen molar-refractivity contribution in [3.63, 3.8) is 0 Å². The van der Waals surface area contributed by atoms with Crippen LogP contribution in [0.15, 0.2) is 0 Å². The Morgan fingerprint density at radius 2 is 1.69 bits per heavy atom. The first kappa shape index (κ1) is 23.7. The molecule has 0 saturated carbocycles. The third kappa shape index (κ3) is 11.4. The molecule has 1 rings (SSSR count). The first-order valence-corrected chi connectivity index (χ1v) is 11.3. The highest BCUT2D eigenvalue weighted by molar-refractivity contribution is 7.98. The van der Waals surface area contributed by atoms with Gasteiger partial charge in [-0.1, -0.05) is 20.8 Å². The van der Waals surface area contributed by atoms with Gasteiger partial charge in [0.05, 0.1) is 12.1 Å². The third-order valence-electron chi connectivity index (χ3n) is 4.64.